The van der Waals surface area contributed by atoms with Crippen LogP contribution in [0.3, 0.4) is 0 Å². The number of piperidine rings is 1. The summed E-state index contributed by atoms with van der Waals surface area (Å²) in [4.78, 5) is 16.1. The van der Waals surface area contributed by atoms with E-state index in [-0.39, 0.29) is 12.1 Å². The largest absolute Gasteiger partial charge is 0.393 e. The molecule has 1 aromatic carbocycles. The molecule has 1 aliphatic heterocycles. The molecule has 0 aliphatic carbocycles. The number of benzene rings is 1. The monoisotopic (exact) mass is 333 g/mol. The zero-order valence-electron chi connectivity index (χ0n) is 15.2. The van der Waals surface area contributed by atoms with E-state index >= 15 is 0 Å². The Kier molecular flexibility index (Phi) is 6.91. The van der Waals surface area contributed by atoms with Gasteiger partial charge in [-0.2, -0.15) is 0 Å². The van der Waals surface area contributed by atoms with Crippen molar-refractivity contribution < 1.29 is 9.90 Å². The first-order chi connectivity index (χ1) is 11.5. The number of carbonyl (C=O) groups excluding carboxylic acids is 1. The van der Waals surface area contributed by atoms with Gasteiger partial charge in [-0.15, -0.1) is 0 Å². The molecule has 1 saturated heterocycles. The van der Waals surface area contributed by atoms with E-state index in [1.165, 1.54) is 11.3 Å². The minimum atomic E-state index is -0.269. The van der Waals surface area contributed by atoms with Crippen LogP contribution in [-0.2, 0) is 6.42 Å². The van der Waals surface area contributed by atoms with Crippen molar-refractivity contribution >= 4 is 11.7 Å². The van der Waals surface area contributed by atoms with Gasteiger partial charge >= 0.3 is 6.03 Å². The molecule has 1 atom stereocenters. The molecule has 0 aromatic heterocycles. The molecule has 1 unspecified atom stereocenters. The Bertz CT molecular complexity index is 506. The number of amides is 2. The Morgan fingerprint density at radius 2 is 1.92 bits per heavy atom. The zero-order valence-corrected chi connectivity index (χ0v) is 15.2. The van der Waals surface area contributed by atoms with Gasteiger partial charge in [-0.1, -0.05) is 12.1 Å². The normalized spacial score (nSPS) is 16.8. The number of hydrogen-bond donors (Lipinski definition) is 2. The zero-order chi connectivity index (χ0) is 17.5. The number of likely N-dealkylation sites (tertiary alicyclic amines) is 1. The molecule has 0 saturated carbocycles. The predicted molar refractivity (Wildman–Crippen MR) is 98.5 cm³/mol. The van der Waals surface area contributed by atoms with Crippen LogP contribution in [0.5, 0.6) is 0 Å². The van der Waals surface area contributed by atoms with E-state index in [9.17, 15) is 9.90 Å². The van der Waals surface area contributed by atoms with Gasteiger partial charge in [0.1, 0.15) is 0 Å². The SMILES string of the molecule is CC(O)C1CCN(C(=O)NCCCc2ccc(N(C)C)cc2)CC1. The molecule has 5 nitrogen and oxygen atoms in total. The second-order valence-corrected chi connectivity index (χ2v) is 6.96. The van der Waals surface area contributed by atoms with Crippen LogP contribution in [0.1, 0.15) is 31.7 Å². The second kappa shape index (κ2) is 8.92. The average Bonchev–Trinajstić information content (AvgIpc) is 2.59. The van der Waals surface area contributed by atoms with E-state index in [1.54, 1.807) is 0 Å². The Morgan fingerprint density at radius 3 is 2.46 bits per heavy atom. The Labute approximate surface area is 145 Å². The second-order valence-electron chi connectivity index (χ2n) is 6.96. The van der Waals surface area contributed by atoms with Crippen LogP contribution >= 0.6 is 0 Å². The van der Waals surface area contributed by atoms with E-state index in [0.717, 1.165) is 38.8 Å². The van der Waals surface area contributed by atoms with Gasteiger partial charge in [0.2, 0.25) is 0 Å². The summed E-state index contributed by atoms with van der Waals surface area (Å²) in [6.07, 6.45) is 3.43. The molecular weight excluding hydrogens is 302 g/mol. The molecule has 0 radical (unpaired) electrons. The van der Waals surface area contributed by atoms with Crippen LogP contribution in [0.15, 0.2) is 24.3 Å². The predicted octanol–water partition coefficient (Wildman–Crippen LogP) is 2.49. The highest BCUT2D eigenvalue weighted by atomic mass is 16.3. The lowest BCUT2D eigenvalue weighted by Gasteiger charge is -2.33. The third-order valence-electron chi connectivity index (χ3n) is 4.88. The summed E-state index contributed by atoms with van der Waals surface area (Å²) in [5.74, 6) is 0.333. The number of nitrogens with zero attached hydrogens (tertiary/aromatic N) is 2. The molecular formula is C19H31N3O2. The van der Waals surface area contributed by atoms with Gasteiger partial charge in [-0.05, 0) is 56.2 Å². The van der Waals surface area contributed by atoms with Gasteiger partial charge in [0.15, 0.2) is 0 Å². The first-order valence-corrected chi connectivity index (χ1v) is 8.94. The molecule has 2 amide bonds. The maximum Gasteiger partial charge on any atom is 0.317 e. The van der Waals surface area contributed by atoms with Crippen molar-refractivity contribution in [3.05, 3.63) is 29.8 Å². The molecule has 1 heterocycles. The van der Waals surface area contributed by atoms with Crippen molar-refractivity contribution in [3.8, 4) is 0 Å². The van der Waals surface area contributed by atoms with Crippen molar-refractivity contribution in [2.45, 2.75) is 38.7 Å². The molecule has 1 fully saturated rings. The molecule has 1 aliphatic rings. The van der Waals surface area contributed by atoms with Gasteiger partial charge in [-0.3, -0.25) is 0 Å². The minimum Gasteiger partial charge on any atom is -0.393 e. The van der Waals surface area contributed by atoms with Gasteiger partial charge in [0, 0.05) is 39.4 Å². The first kappa shape index (κ1) is 18.6. The van der Waals surface area contributed by atoms with Crippen molar-refractivity contribution in [1.82, 2.24) is 10.2 Å². The number of nitrogens with one attached hydrogen (secondary N) is 1. The highest BCUT2D eigenvalue weighted by Crippen LogP contribution is 2.20. The summed E-state index contributed by atoms with van der Waals surface area (Å²) in [7, 11) is 4.07. The number of carbonyl (C=O) groups is 1. The summed E-state index contributed by atoms with van der Waals surface area (Å²) in [5.41, 5.74) is 2.50. The van der Waals surface area contributed by atoms with Crippen molar-refractivity contribution in [3.63, 3.8) is 0 Å². The standard InChI is InChI=1S/C19H31N3O2/c1-15(23)17-10-13-22(14-11-17)19(24)20-12-4-5-16-6-8-18(9-7-16)21(2)3/h6-9,15,17,23H,4-5,10-14H2,1-3H3,(H,20,24). The number of aryl methyl sites for hydroxylation is 1. The third-order valence-corrected chi connectivity index (χ3v) is 4.88. The molecule has 0 bridgehead atoms. The minimum absolute atomic E-state index is 0.0296. The topological polar surface area (TPSA) is 55.8 Å². The number of hydrogen-bond acceptors (Lipinski definition) is 3. The summed E-state index contributed by atoms with van der Waals surface area (Å²) >= 11 is 0. The molecule has 5 heteroatoms. The fourth-order valence-electron chi connectivity index (χ4n) is 3.15. The summed E-state index contributed by atoms with van der Waals surface area (Å²) in [6.45, 7) is 4.02. The van der Waals surface area contributed by atoms with Gasteiger partial charge in [0.05, 0.1) is 6.10 Å². The lowest BCUT2D eigenvalue weighted by atomic mass is 9.92. The highest BCUT2D eigenvalue weighted by molar-refractivity contribution is 5.74. The van der Waals surface area contributed by atoms with Crippen LogP contribution in [-0.4, -0.2) is 55.9 Å². The van der Waals surface area contributed by atoms with E-state index in [4.69, 9.17) is 0 Å². The maximum absolute atomic E-state index is 12.2. The molecule has 2 rings (SSSR count). The first-order valence-electron chi connectivity index (χ1n) is 8.94. The van der Waals surface area contributed by atoms with E-state index in [1.807, 2.05) is 25.9 Å². The summed E-state index contributed by atoms with van der Waals surface area (Å²) in [6, 6.07) is 8.58. The highest BCUT2D eigenvalue weighted by Gasteiger charge is 2.25. The van der Waals surface area contributed by atoms with Crippen LogP contribution in [0.2, 0.25) is 0 Å². The van der Waals surface area contributed by atoms with Crippen LogP contribution < -0.4 is 10.2 Å². The Hall–Kier alpha value is -1.75. The lowest BCUT2D eigenvalue weighted by Crippen LogP contribution is -2.46. The van der Waals surface area contributed by atoms with E-state index in [2.05, 4.69) is 34.5 Å². The van der Waals surface area contributed by atoms with Crippen LogP contribution in [0.4, 0.5) is 10.5 Å². The van der Waals surface area contributed by atoms with Gasteiger partial charge in [-0.25, -0.2) is 4.79 Å². The quantitative estimate of drug-likeness (QED) is 0.787. The third kappa shape index (κ3) is 5.41. The number of aliphatic hydroxyl groups is 1. The smallest absolute Gasteiger partial charge is 0.317 e. The van der Waals surface area contributed by atoms with E-state index in [0.29, 0.717) is 12.5 Å². The van der Waals surface area contributed by atoms with E-state index < -0.39 is 0 Å². The molecule has 24 heavy (non-hydrogen) atoms. The van der Waals surface area contributed by atoms with Crippen molar-refractivity contribution in [1.29, 1.82) is 0 Å². The Balaban J connectivity index is 1.64. The average molecular weight is 333 g/mol. The number of anilines is 1. The Morgan fingerprint density at radius 1 is 1.29 bits per heavy atom. The van der Waals surface area contributed by atoms with Crippen LogP contribution in [0.25, 0.3) is 0 Å². The maximum atomic E-state index is 12.2. The number of rotatable bonds is 6. The van der Waals surface area contributed by atoms with Crippen molar-refractivity contribution in [2.24, 2.45) is 5.92 Å². The van der Waals surface area contributed by atoms with Crippen molar-refractivity contribution in [2.75, 3.05) is 38.6 Å². The van der Waals surface area contributed by atoms with Crippen LogP contribution in [0, 0.1) is 5.92 Å². The molecule has 1 aromatic rings. The van der Waals surface area contributed by atoms with Gasteiger partial charge in [0.25, 0.3) is 0 Å². The fourth-order valence-corrected chi connectivity index (χ4v) is 3.15. The fraction of sp³-hybridized carbons (Fsp3) is 0.632. The van der Waals surface area contributed by atoms with Gasteiger partial charge < -0.3 is 20.2 Å². The summed E-state index contributed by atoms with van der Waals surface area (Å²) in [5, 5.41) is 12.6. The molecule has 134 valence electrons. The number of aliphatic hydroxyl groups excluding tert-OH is 1. The number of urea groups is 1. The lowest BCUT2D eigenvalue weighted by molar-refractivity contribution is 0.0798. The molecule has 2 N–H and O–H groups in total. The molecule has 0 spiro atoms. The summed E-state index contributed by atoms with van der Waals surface area (Å²) < 4.78 is 0.